The smallest absolute Gasteiger partial charge is 0.231 e. The predicted molar refractivity (Wildman–Crippen MR) is 118 cm³/mol. The number of nitrogens with two attached hydrogens (primary N) is 1. The molecule has 3 aliphatic heterocycles. The van der Waals surface area contributed by atoms with Crippen LogP contribution in [0.5, 0.6) is 0 Å². The number of allylic oxidation sites excluding steroid dienone is 3. The molecule has 0 radical (unpaired) electrons. The van der Waals surface area contributed by atoms with Crippen LogP contribution in [-0.4, -0.2) is 54.0 Å². The van der Waals surface area contributed by atoms with E-state index in [9.17, 15) is 4.79 Å². The molecule has 5 rings (SSSR count). The van der Waals surface area contributed by atoms with Crippen molar-refractivity contribution in [2.75, 3.05) is 32.8 Å². The molecule has 5 nitrogen and oxygen atoms in total. The van der Waals surface area contributed by atoms with Crippen LogP contribution in [0, 0.1) is 0 Å². The lowest BCUT2D eigenvalue weighted by Crippen LogP contribution is -2.49. The summed E-state index contributed by atoms with van der Waals surface area (Å²) < 4.78 is 6.02. The number of amides is 1. The highest BCUT2D eigenvalue weighted by Gasteiger charge is 2.46. The van der Waals surface area contributed by atoms with E-state index < -0.39 is 0 Å². The first-order valence-electron chi connectivity index (χ1n) is 11.5. The predicted octanol–water partition coefficient (Wildman–Crippen LogP) is 3.32. The Morgan fingerprint density at radius 2 is 1.97 bits per heavy atom. The number of fused-ring (bicyclic) bond motifs is 1. The van der Waals surface area contributed by atoms with Crippen molar-refractivity contribution in [2.45, 2.75) is 56.5 Å². The fourth-order valence-electron chi connectivity index (χ4n) is 5.89. The van der Waals surface area contributed by atoms with E-state index in [1.54, 1.807) is 0 Å². The average molecular weight is 408 g/mol. The summed E-state index contributed by atoms with van der Waals surface area (Å²) in [6.07, 6.45) is 11.4. The largest absolute Gasteiger partial charge is 0.493 e. The Kier molecular flexibility index (Phi) is 5.42. The molecule has 4 aliphatic rings. The van der Waals surface area contributed by atoms with E-state index >= 15 is 0 Å². The third-order valence-electron chi connectivity index (χ3n) is 7.47. The van der Waals surface area contributed by atoms with Crippen molar-refractivity contribution in [2.24, 2.45) is 5.73 Å². The molecular weight excluding hydrogens is 374 g/mol. The molecule has 1 aliphatic carbocycles. The molecule has 3 fully saturated rings. The molecule has 3 heterocycles. The van der Waals surface area contributed by atoms with Crippen LogP contribution in [0.1, 0.15) is 55.6 Å². The molecule has 1 aromatic carbocycles. The summed E-state index contributed by atoms with van der Waals surface area (Å²) >= 11 is 0. The number of carbonyl (C=O) groups excluding carboxylic acids is 1. The van der Waals surface area contributed by atoms with Crippen molar-refractivity contribution >= 4 is 5.91 Å². The van der Waals surface area contributed by atoms with Gasteiger partial charge in [0.1, 0.15) is 5.76 Å². The maximum Gasteiger partial charge on any atom is 0.231 e. The van der Waals surface area contributed by atoms with E-state index in [2.05, 4.69) is 46.2 Å². The monoisotopic (exact) mass is 407 g/mol. The lowest BCUT2D eigenvalue weighted by atomic mass is 9.87. The van der Waals surface area contributed by atoms with Crippen LogP contribution in [0.25, 0.3) is 0 Å². The van der Waals surface area contributed by atoms with Crippen LogP contribution in [0.15, 0.2) is 47.7 Å². The van der Waals surface area contributed by atoms with Crippen LogP contribution in [-0.2, 0) is 16.1 Å². The van der Waals surface area contributed by atoms with Crippen LogP contribution in [0.3, 0.4) is 0 Å². The van der Waals surface area contributed by atoms with Gasteiger partial charge in [-0.25, -0.2) is 0 Å². The number of rotatable bonds is 5. The van der Waals surface area contributed by atoms with Crippen LogP contribution in [0.4, 0.5) is 0 Å². The molecule has 2 atom stereocenters. The van der Waals surface area contributed by atoms with Gasteiger partial charge in [-0.1, -0.05) is 30.3 Å². The van der Waals surface area contributed by atoms with Gasteiger partial charge < -0.3 is 10.5 Å². The van der Waals surface area contributed by atoms with E-state index in [4.69, 9.17) is 10.5 Å². The molecule has 0 aromatic heterocycles. The third kappa shape index (κ3) is 3.93. The summed E-state index contributed by atoms with van der Waals surface area (Å²) in [5, 5.41) is 0. The van der Waals surface area contributed by atoms with Crippen molar-refractivity contribution in [1.29, 1.82) is 0 Å². The van der Waals surface area contributed by atoms with E-state index in [-0.39, 0.29) is 11.4 Å². The van der Waals surface area contributed by atoms with E-state index in [0.29, 0.717) is 12.5 Å². The van der Waals surface area contributed by atoms with Gasteiger partial charge in [0.05, 0.1) is 13.2 Å². The number of primary amides is 1. The second kappa shape index (κ2) is 8.20. The van der Waals surface area contributed by atoms with Crippen molar-refractivity contribution in [3.05, 3.63) is 58.9 Å². The molecule has 30 heavy (non-hydrogen) atoms. The van der Waals surface area contributed by atoms with E-state index in [1.165, 1.54) is 29.5 Å². The standard InChI is InChI=1S/C25H33N3O2/c26-24(29)16-28-12-3-10-25(28)11-13-27(18-25)15-19-6-8-20(9-7-19)22-14-21-4-1-2-5-23(21)30-17-22/h4-9,22H,1-3,10-18H2,(H2,26,29). The van der Waals surface area contributed by atoms with Crippen molar-refractivity contribution in [3.63, 3.8) is 0 Å². The zero-order chi connectivity index (χ0) is 20.6. The highest BCUT2D eigenvalue weighted by Crippen LogP contribution is 2.38. The minimum Gasteiger partial charge on any atom is -0.493 e. The van der Waals surface area contributed by atoms with Gasteiger partial charge in [0.2, 0.25) is 5.91 Å². The Morgan fingerprint density at radius 3 is 2.80 bits per heavy atom. The Labute approximate surface area is 179 Å². The number of ether oxygens (including phenoxy) is 1. The van der Waals surface area contributed by atoms with Crippen LogP contribution < -0.4 is 5.73 Å². The van der Waals surface area contributed by atoms with E-state index in [0.717, 1.165) is 64.2 Å². The van der Waals surface area contributed by atoms with Gasteiger partial charge in [-0.15, -0.1) is 0 Å². The summed E-state index contributed by atoms with van der Waals surface area (Å²) in [6.45, 7) is 5.30. The number of hydrogen-bond donors (Lipinski definition) is 1. The topological polar surface area (TPSA) is 58.8 Å². The second-order valence-electron chi connectivity index (χ2n) is 9.51. The minimum absolute atomic E-state index is 0.160. The SMILES string of the molecule is NC(=O)CN1CCCC12CCN(Cc1ccc(C3COC4=CCCC=C4C3)cc1)C2. The van der Waals surface area contributed by atoms with Crippen LogP contribution in [0.2, 0.25) is 0 Å². The molecule has 160 valence electrons. The second-order valence-corrected chi connectivity index (χ2v) is 9.51. The van der Waals surface area contributed by atoms with Gasteiger partial charge in [0.15, 0.2) is 0 Å². The third-order valence-corrected chi connectivity index (χ3v) is 7.47. The minimum atomic E-state index is -0.205. The average Bonchev–Trinajstić information content (AvgIpc) is 3.34. The number of benzene rings is 1. The molecule has 0 bridgehead atoms. The Balaban J connectivity index is 1.19. The maximum atomic E-state index is 11.5. The van der Waals surface area contributed by atoms with Gasteiger partial charge >= 0.3 is 0 Å². The zero-order valence-electron chi connectivity index (χ0n) is 17.8. The first-order chi connectivity index (χ1) is 14.6. The van der Waals surface area contributed by atoms with Crippen molar-refractivity contribution in [1.82, 2.24) is 9.80 Å². The Hall–Kier alpha value is -2.11. The highest BCUT2D eigenvalue weighted by molar-refractivity contribution is 5.76. The number of hydrogen-bond acceptors (Lipinski definition) is 4. The molecule has 1 spiro atoms. The van der Waals surface area contributed by atoms with Gasteiger partial charge in [-0.05, 0) is 67.8 Å². The Morgan fingerprint density at radius 1 is 1.13 bits per heavy atom. The maximum absolute atomic E-state index is 11.5. The summed E-state index contributed by atoms with van der Waals surface area (Å²) in [5.74, 6) is 1.37. The molecule has 1 aromatic rings. The first-order valence-corrected chi connectivity index (χ1v) is 11.5. The number of likely N-dealkylation sites (tertiary alicyclic amines) is 2. The Bertz CT molecular complexity index is 860. The zero-order valence-corrected chi connectivity index (χ0v) is 17.8. The summed E-state index contributed by atoms with van der Waals surface area (Å²) in [7, 11) is 0. The quantitative estimate of drug-likeness (QED) is 0.814. The van der Waals surface area contributed by atoms with Gasteiger partial charge in [-0.2, -0.15) is 0 Å². The van der Waals surface area contributed by atoms with Gasteiger partial charge in [-0.3, -0.25) is 14.6 Å². The molecule has 1 amide bonds. The van der Waals surface area contributed by atoms with Gasteiger partial charge in [0, 0.05) is 31.1 Å². The molecule has 2 N–H and O–H groups in total. The number of nitrogens with zero attached hydrogens (tertiary/aromatic N) is 2. The molecule has 5 heteroatoms. The van der Waals surface area contributed by atoms with Crippen molar-refractivity contribution in [3.8, 4) is 0 Å². The highest BCUT2D eigenvalue weighted by atomic mass is 16.5. The van der Waals surface area contributed by atoms with Gasteiger partial charge in [0.25, 0.3) is 0 Å². The fraction of sp³-hybridized carbons (Fsp3) is 0.560. The number of carbonyl (C=O) groups is 1. The molecule has 2 unspecified atom stereocenters. The lowest BCUT2D eigenvalue weighted by molar-refractivity contribution is -0.120. The molecule has 3 saturated heterocycles. The lowest BCUT2D eigenvalue weighted by Gasteiger charge is -2.34. The first kappa shape index (κ1) is 19.8. The summed E-state index contributed by atoms with van der Waals surface area (Å²) in [4.78, 5) is 16.3. The summed E-state index contributed by atoms with van der Waals surface area (Å²) in [5.41, 5.74) is 9.78. The normalized spacial score (nSPS) is 29.4. The van der Waals surface area contributed by atoms with E-state index in [1.807, 2.05) is 0 Å². The fourth-order valence-corrected chi connectivity index (χ4v) is 5.89. The van der Waals surface area contributed by atoms with Crippen LogP contribution >= 0.6 is 0 Å². The molecule has 0 saturated carbocycles. The summed E-state index contributed by atoms with van der Waals surface area (Å²) in [6, 6.07) is 9.16. The van der Waals surface area contributed by atoms with Crippen molar-refractivity contribution < 1.29 is 9.53 Å². The molecular formula is C25H33N3O2.